The maximum atomic E-state index is 13.2. The Morgan fingerprint density at radius 3 is 2.58 bits per heavy atom. The van der Waals surface area contributed by atoms with Gasteiger partial charge in [0.25, 0.3) is 5.91 Å². The number of benzene rings is 1. The van der Waals surface area contributed by atoms with E-state index in [9.17, 15) is 18.0 Å². The van der Waals surface area contributed by atoms with Gasteiger partial charge in [-0.15, -0.1) is 11.6 Å². The van der Waals surface area contributed by atoms with E-state index in [0.717, 1.165) is 25.7 Å². The molecule has 8 nitrogen and oxygen atoms in total. The minimum absolute atomic E-state index is 0.0580. The van der Waals surface area contributed by atoms with E-state index in [-0.39, 0.29) is 22.6 Å². The fraction of sp³-hybridized carbons (Fsp3) is 0.600. The number of thioether (sulfide) groups is 1. The van der Waals surface area contributed by atoms with Gasteiger partial charge >= 0.3 is 0 Å². The van der Waals surface area contributed by atoms with Gasteiger partial charge in [-0.2, -0.15) is 16.1 Å². The van der Waals surface area contributed by atoms with Crippen LogP contribution in [0.2, 0.25) is 0 Å². The van der Waals surface area contributed by atoms with Gasteiger partial charge in [0.15, 0.2) is 0 Å². The van der Waals surface area contributed by atoms with Gasteiger partial charge in [0.05, 0.1) is 4.90 Å². The Hall–Kier alpha value is -1.33. The Balaban J connectivity index is 1.70. The van der Waals surface area contributed by atoms with Crippen molar-refractivity contribution < 1.29 is 18.0 Å². The molecule has 1 aromatic rings. The van der Waals surface area contributed by atoms with E-state index in [0.29, 0.717) is 30.9 Å². The predicted octanol–water partition coefficient (Wildman–Crippen LogP) is 2.18. The van der Waals surface area contributed by atoms with E-state index < -0.39 is 21.3 Å². The monoisotopic (exact) mass is 488 g/mol. The maximum absolute atomic E-state index is 13.2. The predicted molar refractivity (Wildman–Crippen MR) is 124 cm³/mol. The van der Waals surface area contributed by atoms with Crippen LogP contribution in [0.1, 0.15) is 31.2 Å². The summed E-state index contributed by atoms with van der Waals surface area (Å²) in [6.45, 7) is 3.03. The zero-order valence-electron chi connectivity index (χ0n) is 17.8. The molecule has 0 spiro atoms. The van der Waals surface area contributed by atoms with Crippen LogP contribution in [0, 0.1) is 6.92 Å². The summed E-state index contributed by atoms with van der Waals surface area (Å²) in [5.41, 5.74) is 3.93. The number of nitrogens with zero attached hydrogens (tertiary/aromatic N) is 2. The van der Waals surface area contributed by atoms with Gasteiger partial charge in [-0.25, -0.2) is 13.8 Å². The topological polar surface area (TPSA) is 98.8 Å². The van der Waals surface area contributed by atoms with Crippen molar-refractivity contribution in [2.75, 3.05) is 37.8 Å². The van der Waals surface area contributed by atoms with Crippen LogP contribution in [0.4, 0.5) is 5.69 Å². The Bertz CT molecular complexity index is 920. The summed E-state index contributed by atoms with van der Waals surface area (Å²) >= 11 is 7.69. The van der Waals surface area contributed by atoms with Crippen molar-refractivity contribution in [2.45, 2.75) is 48.1 Å². The van der Waals surface area contributed by atoms with Crippen molar-refractivity contribution in [3.05, 3.63) is 23.8 Å². The number of hydrogen-bond acceptors (Lipinski definition) is 6. The summed E-state index contributed by atoms with van der Waals surface area (Å²) in [6.07, 6.45) is 5.65. The first kappa shape index (κ1) is 24.3. The number of nitrogens with one attached hydrogen (secondary N) is 2. The van der Waals surface area contributed by atoms with Gasteiger partial charge in [-0.1, -0.05) is 18.9 Å². The third-order valence-electron chi connectivity index (χ3n) is 5.57. The molecule has 0 saturated carbocycles. The minimum atomic E-state index is -3.64. The molecule has 172 valence electrons. The largest absolute Gasteiger partial charge is 0.324 e. The minimum Gasteiger partial charge on any atom is -0.324 e. The van der Waals surface area contributed by atoms with Gasteiger partial charge in [-0.05, 0) is 43.7 Å². The highest BCUT2D eigenvalue weighted by molar-refractivity contribution is 7.99. The lowest BCUT2D eigenvalue weighted by atomic mass is 10.2. The van der Waals surface area contributed by atoms with Crippen LogP contribution in [0.5, 0.6) is 0 Å². The fourth-order valence-electron chi connectivity index (χ4n) is 3.75. The van der Waals surface area contributed by atoms with Crippen LogP contribution in [0.3, 0.4) is 0 Å². The van der Waals surface area contributed by atoms with Crippen molar-refractivity contribution in [1.82, 2.24) is 14.7 Å². The number of rotatable bonds is 6. The standard InChI is InChI=1S/C20H29ClN4O4S2/c1-14-7-8-15(11-17(14)31(28,29)24-9-5-3-4-6-10-24)23-18(26)13-25-20(27)19(21)16(30-2)12-22-25/h7-8,11,16,19,22H,3-6,9-10,12-13H2,1-2H3,(H,23,26). The summed E-state index contributed by atoms with van der Waals surface area (Å²) in [5, 5.41) is 3.15. The molecule has 0 aliphatic carbocycles. The fourth-order valence-corrected chi connectivity index (χ4v) is 6.63. The summed E-state index contributed by atoms with van der Waals surface area (Å²) in [5.74, 6) is -0.787. The summed E-state index contributed by atoms with van der Waals surface area (Å²) in [6, 6.07) is 4.84. The van der Waals surface area contributed by atoms with Gasteiger partial charge < -0.3 is 5.32 Å². The molecule has 2 heterocycles. The number of sulfonamides is 1. The quantitative estimate of drug-likeness (QED) is 0.595. The highest BCUT2D eigenvalue weighted by Crippen LogP contribution is 2.26. The van der Waals surface area contributed by atoms with Gasteiger partial charge in [0.2, 0.25) is 15.9 Å². The zero-order valence-corrected chi connectivity index (χ0v) is 20.2. The number of carbonyl (C=O) groups excluding carboxylic acids is 2. The molecule has 0 radical (unpaired) electrons. The SMILES string of the molecule is CSC1CNN(CC(=O)Nc2ccc(C)c(S(=O)(=O)N3CCCCCC3)c2)C(=O)C1Cl. The molecule has 2 fully saturated rings. The van der Waals surface area contributed by atoms with Gasteiger partial charge in [0.1, 0.15) is 11.9 Å². The number of amides is 2. The molecule has 3 rings (SSSR count). The zero-order chi connectivity index (χ0) is 22.6. The Labute approximate surface area is 193 Å². The van der Waals surface area contributed by atoms with E-state index >= 15 is 0 Å². The molecule has 31 heavy (non-hydrogen) atoms. The molecule has 2 unspecified atom stereocenters. The van der Waals surface area contributed by atoms with Crippen LogP contribution >= 0.6 is 23.4 Å². The molecule has 11 heteroatoms. The molecule has 2 saturated heterocycles. The number of alkyl halides is 1. The average Bonchev–Trinajstić information content (AvgIpc) is 3.03. The maximum Gasteiger partial charge on any atom is 0.256 e. The van der Waals surface area contributed by atoms with E-state index in [4.69, 9.17) is 11.6 Å². The molecule has 2 N–H and O–H groups in total. The first-order valence-electron chi connectivity index (χ1n) is 10.4. The Morgan fingerprint density at radius 1 is 1.26 bits per heavy atom. The molecule has 2 atom stereocenters. The smallest absolute Gasteiger partial charge is 0.256 e. The lowest BCUT2D eigenvalue weighted by Crippen LogP contribution is -2.59. The van der Waals surface area contributed by atoms with Crippen LogP contribution in [-0.2, 0) is 19.6 Å². The summed E-state index contributed by atoms with van der Waals surface area (Å²) in [4.78, 5) is 25.1. The molecular formula is C20H29ClN4O4S2. The first-order chi connectivity index (χ1) is 14.7. The van der Waals surface area contributed by atoms with Crippen LogP contribution in [0.25, 0.3) is 0 Å². The molecule has 2 aliphatic rings. The third-order valence-corrected chi connectivity index (χ3v) is 9.30. The second-order valence-electron chi connectivity index (χ2n) is 7.81. The Kier molecular flexibility index (Phi) is 8.25. The van der Waals surface area contributed by atoms with E-state index in [1.807, 2.05) is 6.26 Å². The molecule has 0 aromatic heterocycles. The summed E-state index contributed by atoms with van der Waals surface area (Å²) in [7, 11) is -3.64. The van der Waals surface area contributed by atoms with E-state index in [1.54, 1.807) is 19.1 Å². The van der Waals surface area contributed by atoms with Gasteiger partial charge in [-0.3, -0.25) is 14.6 Å². The molecule has 1 aromatic carbocycles. The number of hydrazine groups is 1. The normalized spacial score (nSPS) is 23.5. The lowest BCUT2D eigenvalue weighted by Gasteiger charge is -2.34. The van der Waals surface area contributed by atoms with Crippen molar-refractivity contribution >= 4 is 50.9 Å². The van der Waals surface area contributed by atoms with Crippen molar-refractivity contribution in [2.24, 2.45) is 0 Å². The molecular weight excluding hydrogens is 460 g/mol. The number of aryl methyl sites for hydroxylation is 1. The second-order valence-corrected chi connectivity index (χ2v) is 11.3. The lowest BCUT2D eigenvalue weighted by molar-refractivity contribution is -0.139. The van der Waals surface area contributed by atoms with Crippen molar-refractivity contribution in [1.29, 1.82) is 0 Å². The summed E-state index contributed by atoms with van der Waals surface area (Å²) < 4.78 is 27.9. The van der Waals surface area contributed by atoms with Gasteiger partial charge in [0, 0.05) is 30.6 Å². The molecule has 2 aliphatic heterocycles. The van der Waals surface area contributed by atoms with Crippen LogP contribution in [-0.4, -0.2) is 72.6 Å². The number of carbonyl (C=O) groups is 2. The first-order valence-corrected chi connectivity index (χ1v) is 13.5. The highest BCUT2D eigenvalue weighted by atomic mass is 35.5. The molecule has 2 amide bonds. The van der Waals surface area contributed by atoms with Crippen molar-refractivity contribution in [3.8, 4) is 0 Å². The Morgan fingerprint density at radius 2 is 1.94 bits per heavy atom. The van der Waals surface area contributed by atoms with E-state index in [1.165, 1.54) is 27.1 Å². The molecule has 0 bridgehead atoms. The third kappa shape index (κ3) is 5.73. The number of hydrogen-bond donors (Lipinski definition) is 2. The van der Waals surface area contributed by atoms with Crippen LogP contribution in [0.15, 0.2) is 23.1 Å². The second kappa shape index (κ2) is 10.5. The van der Waals surface area contributed by atoms with E-state index in [2.05, 4.69) is 10.7 Å². The van der Waals surface area contributed by atoms with Crippen molar-refractivity contribution in [3.63, 3.8) is 0 Å². The van der Waals surface area contributed by atoms with Crippen LogP contribution < -0.4 is 10.7 Å². The number of halogens is 1. The number of anilines is 1. The average molecular weight is 489 g/mol. The highest BCUT2D eigenvalue weighted by Gasteiger charge is 2.35.